The maximum absolute atomic E-state index is 12.3. The van der Waals surface area contributed by atoms with Crippen molar-refractivity contribution in [2.75, 3.05) is 31.5 Å². The predicted octanol–water partition coefficient (Wildman–Crippen LogP) is 0.0417. The fraction of sp³-hybridized carbons (Fsp3) is 0.500. The molecule has 0 spiro atoms. The molecule has 0 bridgehead atoms. The van der Waals surface area contributed by atoms with Crippen LogP contribution in [0.4, 0.5) is 9.93 Å². The van der Waals surface area contributed by atoms with E-state index in [-0.39, 0.29) is 17.6 Å². The van der Waals surface area contributed by atoms with Gasteiger partial charge in [-0.1, -0.05) is 11.3 Å². The topological polar surface area (TPSA) is 112 Å². The summed E-state index contributed by atoms with van der Waals surface area (Å²) < 4.78 is 0. The highest BCUT2D eigenvalue weighted by Crippen LogP contribution is 2.26. The summed E-state index contributed by atoms with van der Waals surface area (Å²) in [5, 5.41) is 5.53. The Hall–Kier alpha value is -2.49. The van der Waals surface area contributed by atoms with Crippen molar-refractivity contribution in [3.63, 3.8) is 0 Å². The minimum atomic E-state index is -0.850. The Morgan fingerprint density at radius 1 is 1.29 bits per heavy atom. The van der Waals surface area contributed by atoms with E-state index in [2.05, 4.69) is 15.6 Å². The number of aryl methyl sites for hydroxylation is 1. The third kappa shape index (κ3) is 2.96. The minimum absolute atomic E-state index is 0.135. The third-order valence-corrected chi connectivity index (χ3v) is 4.94. The molecule has 128 valence electrons. The van der Waals surface area contributed by atoms with Crippen LogP contribution < -0.4 is 10.6 Å². The Bertz CT molecular complexity index is 716. The van der Waals surface area contributed by atoms with Gasteiger partial charge in [-0.15, -0.1) is 0 Å². The lowest BCUT2D eigenvalue weighted by Gasteiger charge is -2.31. The van der Waals surface area contributed by atoms with Crippen LogP contribution in [0.5, 0.6) is 0 Å². The summed E-state index contributed by atoms with van der Waals surface area (Å²) in [6, 6.07) is -0.701. The Balaban J connectivity index is 1.72. The standard InChI is InChI=1S/C14H17N5O4S/c1-2-18-6-7-19(12(22)11(18)21)14(23)17-13-16-8-4-3-5-15-10(20)9(8)24-13/h2-7H2,1H3,(H,15,20)(H,16,17,23). The van der Waals surface area contributed by atoms with Crippen LogP contribution in [0.3, 0.4) is 0 Å². The van der Waals surface area contributed by atoms with Gasteiger partial charge >= 0.3 is 17.8 Å². The molecule has 2 aliphatic heterocycles. The number of carbonyl (C=O) groups excluding carboxylic acids is 4. The van der Waals surface area contributed by atoms with Crippen LogP contribution in [0.25, 0.3) is 0 Å². The van der Waals surface area contributed by atoms with Crippen molar-refractivity contribution >= 4 is 40.2 Å². The van der Waals surface area contributed by atoms with Gasteiger partial charge in [-0.2, -0.15) is 0 Å². The largest absolute Gasteiger partial charge is 0.351 e. The van der Waals surface area contributed by atoms with E-state index in [1.54, 1.807) is 6.92 Å². The Labute approximate surface area is 142 Å². The molecule has 0 radical (unpaired) electrons. The molecule has 1 fully saturated rings. The quantitative estimate of drug-likeness (QED) is 0.731. The molecule has 0 unspecified atom stereocenters. The molecule has 3 rings (SSSR count). The highest BCUT2D eigenvalue weighted by Gasteiger charge is 2.35. The number of hydrogen-bond donors (Lipinski definition) is 2. The minimum Gasteiger partial charge on any atom is -0.351 e. The number of aromatic nitrogens is 1. The maximum atomic E-state index is 12.3. The SMILES string of the molecule is CCN1CCN(C(=O)Nc2nc3c(s2)C(=O)NCCC3)C(=O)C1=O. The molecule has 0 aliphatic carbocycles. The number of nitrogens with one attached hydrogen (secondary N) is 2. The van der Waals surface area contributed by atoms with Gasteiger partial charge in [-0.3, -0.25) is 24.6 Å². The van der Waals surface area contributed by atoms with Crippen molar-refractivity contribution < 1.29 is 19.2 Å². The van der Waals surface area contributed by atoms with Gasteiger partial charge in [0, 0.05) is 26.2 Å². The first-order chi connectivity index (χ1) is 11.5. The lowest BCUT2D eigenvalue weighted by molar-refractivity contribution is -0.153. The lowest BCUT2D eigenvalue weighted by Crippen LogP contribution is -2.56. The molecule has 5 amide bonds. The molecule has 9 nitrogen and oxygen atoms in total. The van der Waals surface area contributed by atoms with Crippen molar-refractivity contribution in [2.24, 2.45) is 0 Å². The molecule has 2 N–H and O–H groups in total. The van der Waals surface area contributed by atoms with Gasteiger partial charge in [-0.25, -0.2) is 9.78 Å². The number of hydrogen-bond acceptors (Lipinski definition) is 6. The second kappa shape index (κ2) is 6.56. The van der Waals surface area contributed by atoms with Crippen molar-refractivity contribution in [3.8, 4) is 0 Å². The van der Waals surface area contributed by atoms with E-state index in [9.17, 15) is 19.2 Å². The normalized spacial score (nSPS) is 18.1. The average Bonchev–Trinajstić information content (AvgIpc) is 2.88. The predicted molar refractivity (Wildman–Crippen MR) is 85.8 cm³/mol. The molecule has 0 saturated carbocycles. The number of carbonyl (C=O) groups is 4. The van der Waals surface area contributed by atoms with Crippen molar-refractivity contribution in [1.29, 1.82) is 0 Å². The van der Waals surface area contributed by atoms with Crippen LogP contribution in [0, 0.1) is 0 Å². The monoisotopic (exact) mass is 351 g/mol. The van der Waals surface area contributed by atoms with Crippen molar-refractivity contribution in [3.05, 3.63) is 10.6 Å². The van der Waals surface area contributed by atoms with E-state index < -0.39 is 17.8 Å². The summed E-state index contributed by atoms with van der Waals surface area (Å²) in [4.78, 5) is 55.0. The molecular weight excluding hydrogens is 334 g/mol. The van der Waals surface area contributed by atoms with E-state index >= 15 is 0 Å². The molecule has 1 saturated heterocycles. The van der Waals surface area contributed by atoms with Crippen LogP contribution in [0.1, 0.15) is 28.7 Å². The summed E-state index contributed by atoms with van der Waals surface area (Å²) in [5.41, 5.74) is 0.642. The summed E-state index contributed by atoms with van der Waals surface area (Å²) in [6.45, 7) is 3.24. The number of nitrogens with zero attached hydrogens (tertiary/aromatic N) is 3. The molecule has 2 aliphatic rings. The van der Waals surface area contributed by atoms with Crippen LogP contribution in [0.15, 0.2) is 0 Å². The second-order valence-electron chi connectivity index (χ2n) is 5.43. The summed E-state index contributed by atoms with van der Waals surface area (Å²) in [5.74, 6) is -1.74. The van der Waals surface area contributed by atoms with Gasteiger partial charge in [0.2, 0.25) is 0 Å². The van der Waals surface area contributed by atoms with Gasteiger partial charge in [0.05, 0.1) is 5.69 Å². The van der Waals surface area contributed by atoms with Crippen LogP contribution in [-0.4, -0.2) is 64.7 Å². The number of rotatable bonds is 2. The van der Waals surface area contributed by atoms with E-state index in [0.29, 0.717) is 36.6 Å². The molecule has 10 heteroatoms. The molecule has 1 aromatic heterocycles. The van der Waals surface area contributed by atoms with Crippen LogP contribution in [-0.2, 0) is 16.0 Å². The number of likely N-dealkylation sites (N-methyl/N-ethyl adjacent to an activating group) is 1. The Kier molecular flexibility index (Phi) is 4.47. The van der Waals surface area contributed by atoms with Gasteiger partial charge in [-0.05, 0) is 19.8 Å². The fourth-order valence-corrected chi connectivity index (χ4v) is 3.54. The number of piperazine rings is 1. The molecular formula is C14H17N5O4S. The summed E-state index contributed by atoms with van der Waals surface area (Å²) >= 11 is 1.07. The maximum Gasteiger partial charge on any atom is 0.330 e. The van der Waals surface area contributed by atoms with E-state index in [1.165, 1.54) is 4.90 Å². The first-order valence-electron chi connectivity index (χ1n) is 7.71. The number of thiazole rings is 1. The van der Waals surface area contributed by atoms with Crippen molar-refractivity contribution in [2.45, 2.75) is 19.8 Å². The van der Waals surface area contributed by atoms with Crippen LogP contribution in [0.2, 0.25) is 0 Å². The Morgan fingerprint density at radius 2 is 2.08 bits per heavy atom. The second-order valence-corrected chi connectivity index (χ2v) is 6.43. The zero-order valence-corrected chi connectivity index (χ0v) is 13.9. The molecule has 1 aromatic rings. The summed E-state index contributed by atoms with van der Waals surface area (Å²) in [6.07, 6.45) is 1.43. The molecule has 0 aromatic carbocycles. The number of imide groups is 1. The molecule has 24 heavy (non-hydrogen) atoms. The highest BCUT2D eigenvalue weighted by molar-refractivity contribution is 7.17. The van der Waals surface area contributed by atoms with Crippen molar-refractivity contribution in [1.82, 2.24) is 20.1 Å². The zero-order valence-electron chi connectivity index (χ0n) is 13.1. The highest BCUT2D eigenvalue weighted by atomic mass is 32.1. The number of urea groups is 1. The van der Waals surface area contributed by atoms with E-state index in [0.717, 1.165) is 22.7 Å². The zero-order chi connectivity index (χ0) is 17.3. The van der Waals surface area contributed by atoms with Gasteiger partial charge in [0.15, 0.2) is 5.13 Å². The number of anilines is 1. The summed E-state index contributed by atoms with van der Waals surface area (Å²) in [7, 11) is 0. The first-order valence-corrected chi connectivity index (χ1v) is 8.52. The molecule has 3 heterocycles. The first kappa shape index (κ1) is 16.4. The van der Waals surface area contributed by atoms with Gasteiger partial charge in [0.1, 0.15) is 4.88 Å². The van der Waals surface area contributed by atoms with E-state index in [4.69, 9.17) is 0 Å². The van der Waals surface area contributed by atoms with Crippen LogP contribution >= 0.6 is 11.3 Å². The smallest absolute Gasteiger partial charge is 0.330 e. The average molecular weight is 351 g/mol. The number of amides is 5. The molecule has 0 atom stereocenters. The Morgan fingerprint density at radius 3 is 2.83 bits per heavy atom. The van der Waals surface area contributed by atoms with E-state index in [1.807, 2.05) is 0 Å². The van der Waals surface area contributed by atoms with Gasteiger partial charge in [0.25, 0.3) is 5.91 Å². The lowest BCUT2D eigenvalue weighted by atomic mass is 10.2. The third-order valence-electron chi connectivity index (χ3n) is 3.93. The van der Waals surface area contributed by atoms with Gasteiger partial charge < -0.3 is 10.2 Å². The number of fused-ring (bicyclic) bond motifs is 1. The fourth-order valence-electron chi connectivity index (χ4n) is 2.62.